The zero-order chi connectivity index (χ0) is 17.0. The van der Waals surface area contributed by atoms with Gasteiger partial charge in [0.2, 0.25) is 0 Å². The molecule has 0 spiro atoms. The van der Waals surface area contributed by atoms with Gasteiger partial charge in [0, 0.05) is 10.6 Å². The molecule has 0 aliphatic rings. The summed E-state index contributed by atoms with van der Waals surface area (Å²) in [5, 5.41) is 1.59. The lowest BCUT2D eigenvalue weighted by Gasteiger charge is -2.15. The van der Waals surface area contributed by atoms with Crippen molar-refractivity contribution in [3.63, 3.8) is 0 Å². The lowest BCUT2D eigenvalue weighted by molar-refractivity contribution is 0.594. The maximum atomic E-state index is 13.9. The Bertz CT molecular complexity index is 838. The van der Waals surface area contributed by atoms with Crippen molar-refractivity contribution >= 4 is 29.4 Å². The Morgan fingerprint density at radius 3 is 1.62 bits per heavy atom. The van der Waals surface area contributed by atoms with Gasteiger partial charge in [0.25, 0.3) is 0 Å². The molecule has 0 bridgehead atoms. The highest BCUT2D eigenvalue weighted by atomic mass is 31.2. The highest BCUT2D eigenvalue weighted by molar-refractivity contribution is 7.91. The van der Waals surface area contributed by atoms with Gasteiger partial charge in [0.05, 0.1) is 11.6 Å². The van der Waals surface area contributed by atoms with Crippen LogP contribution in [0.15, 0.2) is 83.9 Å². The standard InChI is InChI=1S/C21H20NOP/c1-17-10-9-11-18(2)21(17)22-16-24(23,19-12-5-3-6-13-19)20-14-7-4-8-15-20/h3-16H,1-2H3. The van der Waals surface area contributed by atoms with E-state index in [2.05, 4.69) is 4.99 Å². The SMILES string of the molecule is Cc1cccc(C)c1N=CP(=O)(c1ccccc1)c1ccccc1. The van der Waals surface area contributed by atoms with E-state index in [9.17, 15) is 4.57 Å². The quantitative estimate of drug-likeness (QED) is 0.489. The largest absolute Gasteiger partial charge is 0.308 e. The topological polar surface area (TPSA) is 29.4 Å². The molecule has 0 unspecified atom stereocenters. The number of aliphatic imine (C=N–C) groups is 1. The van der Waals surface area contributed by atoms with Crippen LogP contribution in [0, 0.1) is 13.8 Å². The summed E-state index contributed by atoms with van der Waals surface area (Å²) in [6, 6.07) is 25.2. The Labute approximate surface area is 143 Å². The van der Waals surface area contributed by atoms with Gasteiger partial charge in [-0.25, -0.2) is 0 Å². The molecule has 3 rings (SSSR count). The Hall–Kier alpha value is -2.44. The van der Waals surface area contributed by atoms with Gasteiger partial charge in [-0.15, -0.1) is 0 Å². The maximum Gasteiger partial charge on any atom is 0.181 e. The van der Waals surface area contributed by atoms with Gasteiger partial charge in [0.15, 0.2) is 7.14 Å². The normalized spacial score (nSPS) is 11.8. The lowest BCUT2D eigenvalue weighted by Crippen LogP contribution is -2.16. The third-order valence-corrected chi connectivity index (χ3v) is 6.64. The van der Waals surface area contributed by atoms with Crippen molar-refractivity contribution in [2.75, 3.05) is 0 Å². The van der Waals surface area contributed by atoms with Crippen LogP contribution in [0.1, 0.15) is 11.1 Å². The molecule has 0 heterocycles. The number of rotatable bonds is 4. The van der Waals surface area contributed by atoms with Crippen molar-refractivity contribution in [1.29, 1.82) is 0 Å². The average molecular weight is 333 g/mol. The predicted molar refractivity (Wildman–Crippen MR) is 104 cm³/mol. The van der Waals surface area contributed by atoms with Crippen LogP contribution in [0.4, 0.5) is 5.69 Å². The molecule has 120 valence electrons. The van der Waals surface area contributed by atoms with E-state index in [-0.39, 0.29) is 0 Å². The molecule has 0 atom stereocenters. The van der Waals surface area contributed by atoms with Gasteiger partial charge in [-0.3, -0.25) is 4.99 Å². The first-order chi connectivity index (χ1) is 11.6. The Morgan fingerprint density at radius 2 is 1.17 bits per heavy atom. The van der Waals surface area contributed by atoms with Gasteiger partial charge in [-0.05, 0) is 25.0 Å². The minimum Gasteiger partial charge on any atom is -0.308 e. The van der Waals surface area contributed by atoms with Crippen LogP contribution in [0.3, 0.4) is 0 Å². The molecule has 0 aliphatic heterocycles. The Balaban J connectivity index is 2.14. The highest BCUT2D eigenvalue weighted by Gasteiger charge is 2.25. The first-order valence-corrected chi connectivity index (χ1v) is 9.71. The van der Waals surface area contributed by atoms with Crippen molar-refractivity contribution in [3.8, 4) is 0 Å². The van der Waals surface area contributed by atoms with Crippen molar-refractivity contribution in [2.45, 2.75) is 13.8 Å². The van der Waals surface area contributed by atoms with Crippen LogP contribution in [-0.4, -0.2) is 5.96 Å². The molecule has 3 aromatic carbocycles. The van der Waals surface area contributed by atoms with E-state index in [0.29, 0.717) is 0 Å². The summed E-state index contributed by atoms with van der Waals surface area (Å²) in [5.41, 5.74) is 3.06. The first kappa shape index (κ1) is 16.4. The fourth-order valence-electron chi connectivity index (χ4n) is 2.73. The van der Waals surface area contributed by atoms with Crippen molar-refractivity contribution < 1.29 is 4.57 Å². The molecule has 0 saturated carbocycles. The van der Waals surface area contributed by atoms with E-state index >= 15 is 0 Å². The van der Waals surface area contributed by atoms with Gasteiger partial charge >= 0.3 is 0 Å². The summed E-state index contributed by atoms with van der Waals surface area (Å²) in [7, 11) is -2.92. The molecule has 3 aromatic rings. The lowest BCUT2D eigenvalue weighted by atomic mass is 10.1. The second kappa shape index (κ2) is 6.98. The second-order valence-corrected chi connectivity index (χ2v) is 8.39. The fraction of sp³-hybridized carbons (Fsp3) is 0.0952. The van der Waals surface area contributed by atoms with E-state index in [1.807, 2.05) is 92.7 Å². The third-order valence-electron chi connectivity index (χ3n) is 4.07. The monoisotopic (exact) mass is 333 g/mol. The molecular weight excluding hydrogens is 313 g/mol. The summed E-state index contributed by atoms with van der Waals surface area (Å²) in [4.78, 5) is 4.64. The summed E-state index contributed by atoms with van der Waals surface area (Å²) in [5.74, 6) is 1.65. The van der Waals surface area contributed by atoms with E-state index in [1.165, 1.54) is 0 Å². The number of benzene rings is 3. The smallest absolute Gasteiger partial charge is 0.181 e. The summed E-state index contributed by atoms with van der Waals surface area (Å²) >= 11 is 0. The van der Waals surface area contributed by atoms with Gasteiger partial charge in [-0.2, -0.15) is 0 Å². The van der Waals surface area contributed by atoms with E-state index in [1.54, 1.807) is 5.96 Å². The van der Waals surface area contributed by atoms with E-state index in [4.69, 9.17) is 0 Å². The Morgan fingerprint density at radius 1 is 0.708 bits per heavy atom. The second-order valence-electron chi connectivity index (χ2n) is 5.81. The first-order valence-electron chi connectivity index (χ1n) is 7.94. The maximum absolute atomic E-state index is 13.9. The zero-order valence-electron chi connectivity index (χ0n) is 13.9. The highest BCUT2D eigenvalue weighted by Crippen LogP contribution is 2.41. The van der Waals surface area contributed by atoms with E-state index in [0.717, 1.165) is 27.4 Å². The molecular formula is C21H20NOP. The molecule has 24 heavy (non-hydrogen) atoms. The van der Waals surface area contributed by atoms with Crippen molar-refractivity contribution in [3.05, 3.63) is 90.0 Å². The van der Waals surface area contributed by atoms with Crippen LogP contribution >= 0.6 is 7.14 Å². The number of para-hydroxylation sites is 1. The molecule has 2 nitrogen and oxygen atoms in total. The number of hydrogen-bond donors (Lipinski definition) is 0. The molecule has 0 radical (unpaired) electrons. The average Bonchev–Trinajstić information content (AvgIpc) is 2.62. The summed E-state index contributed by atoms with van der Waals surface area (Å²) < 4.78 is 13.9. The van der Waals surface area contributed by atoms with Crippen LogP contribution in [0.5, 0.6) is 0 Å². The number of aryl methyl sites for hydroxylation is 2. The number of hydrogen-bond acceptors (Lipinski definition) is 2. The third kappa shape index (κ3) is 3.25. The molecule has 0 fully saturated rings. The van der Waals surface area contributed by atoms with Gasteiger partial charge < -0.3 is 4.57 Å². The predicted octanol–water partition coefficient (Wildman–Crippen LogP) is 4.98. The molecule has 0 N–H and O–H groups in total. The van der Waals surface area contributed by atoms with Gasteiger partial charge in [0.1, 0.15) is 0 Å². The summed E-state index contributed by atoms with van der Waals surface area (Å²) in [6.07, 6.45) is 0. The minimum atomic E-state index is -2.92. The Kier molecular flexibility index (Phi) is 4.78. The molecule has 0 aliphatic carbocycles. The minimum absolute atomic E-state index is 0.797. The van der Waals surface area contributed by atoms with E-state index < -0.39 is 7.14 Å². The van der Waals surface area contributed by atoms with Gasteiger partial charge in [-0.1, -0.05) is 78.9 Å². The van der Waals surface area contributed by atoms with Crippen molar-refractivity contribution in [2.24, 2.45) is 4.99 Å². The van der Waals surface area contributed by atoms with Crippen molar-refractivity contribution in [1.82, 2.24) is 0 Å². The molecule has 0 saturated heterocycles. The van der Waals surface area contributed by atoms with Crippen LogP contribution in [0.2, 0.25) is 0 Å². The fourth-order valence-corrected chi connectivity index (χ4v) is 4.80. The summed E-state index contributed by atoms with van der Waals surface area (Å²) in [6.45, 7) is 4.05. The molecule has 0 aromatic heterocycles. The molecule has 0 amide bonds. The van der Waals surface area contributed by atoms with Crippen LogP contribution in [-0.2, 0) is 4.57 Å². The number of nitrogens with zero attached hydrogens (tertiary/aromatic N) is 1. The zero-order valence-corrected chi connectivity index (χ0v) is 14.8. The van der Waals surface area contributed by atoms with Crippen LogP contribution < -0.4 is 10.6 Å². The van der Waals surface area contributed by atoms with Crippen LogP contribution in [0.25, 0.3) is 0 Å². The molecule has 3 heteroatoms.